The van der Waals surface area contributed by atoms with Gasteiger partial charge in [0.15, 0.2) is 47.3 Å². The van der Waals surface area contributed by atoms with Gasteiger partial charge in [-0.3, -0.25) is 0 Å². The molecule has 10 atom stereocenters. The molecule has 7 N–H and O–H groups in total. The summed E-state index contributed by atoms with van der Waals surface area (Å²) in [5.74, 6) is -1.23. The van der Waals surface area contributed by atoms with Gasteiger partial charge in [-0.15, -0.1) is 0 Å². The van der Waals surface area contributed by atoms with Crippen molar-refractivity contribution in [3.8, 4) is 23.0 Å². The zero-order valence-electron chi connectivity index (χ0n) is 25.6. The van der Waals surface area contributed by atoms with E-state index in [1.807, 2.05) is 0 Å². The smallest absolute Gasteiger partial charge is 0.331 e. The van der Waals surface area contributed by atoms with E-state index in [2.05, 4.69) is 0 Å². The normalized spacial score (nSPS) is 33.1. The van der Waals surface area contributed by atoms with Crippen molar-refractivity contribution in [3.05, 3.63) is 53.6 Å². The Bertz CT molecular complexity index is 1370. The molecular formula is C31H40O15. The molecule has 0 saturated carbocycles. The molecule has 2 aromatic carbocycles. The van der Waals surface area contributed by atoms with Crippen LogP contribution in [0.5, 0.6) is 23.0 Å². The highest BCUT2D eigenvalue weighted by Crippen LogP contribution is 2.45. The Hall–Kier alpha value is -3.51. The molecule has 2 saturated heterocycles. The molecule has 0 amide bonds. The summed E-state index contributed by atoms with van der Waals surface area (Å²) in [5.41, 5.74) is -1.95. The van der Waals surface area contributed by atoms with Crippen molar-refractivity contribution in [2.24, 2.45) is 0 Å². The number of carbonyl (C=O) groups excluding carboxylic acids is 1. The third-order valence-electron chi connectivity index (χ3n) is 7.85. The van der Waals surface area contributed by atoms with Crippen molar-refractivity contribution in [3.63, 3.8) is 0 Å². The number of hydrogen-bond acceptors (Lipinski definition) is 15. The molecule has 0 aliphatic carbocycles. The van der Waals surface area contributed by atoms with E-state index in [1.165, 1.54) is 63.6 Å². The van der Waals surface area contributed by atoms with Crippen LogP contribution < -0.4 is 9.47 Å². The van der Waals surface area contributed by atoms with Gasteiger partial charge in [-0.1, -0.05) is 12.1 Å². The Balaban J connectivity index is 1.79. The fourth-order valence-electron chi connectivity index (χ4n) is 5.34. The second kappa shape index (κ2) is 14.9. The predicted molar refractivity (Wildman–Crippen MR) is 157 cm³/mol. The number of ether oxygens (including phenoxy) is 7. The van der Waals surface area contributed by atoms with Crippen LogP contribution >= 0.6 is 0 Å². The molecule has 0 spiro atoms. The molecule has 2 aliphatic rings. The third kappa shape index (κ3) is 7.07. The van der Waals surface area contributed by atoms with Gasteiger partial charge in [0.1, 0.15) is 30.5 Å². The number of esters is 1. The second-order valence-corrected chi connectivity index (χ2v) is 10.8. The van der Waals surface area contributed by atoms with Crippen molar-refractivity contribution in [1.82, 2.24) is 0 Å². The SMILES string of the molecule is CCOC1OC(CO)C(OC(=O)/C=C/c2ccc(O)c(OC)c2)C(OC2OC(C)C(O)C(O)C2O)C1(O)c1ccc(O)c(OC)c1. The van der Waals surface area contributed by atoms with Gasteiger partial charge >= 0.3 is 5.97 Å². The summed E-state index contributed by atoms with van der Waals surface area (Å²) in [4.78, 5) is 13.2. The molecule has 2 fully saturated rings. The monoisotopic (exact) mass is 652 g/mol. The quantitative estimate of drug-likeness (QED) is 0.124. The van der Waals surface area contributed by atoms with Gasteiger partial charge in [0.25, 0.3) is 0 Å². The molecule has 46 heavy (non-hydrogen) atoms. The maximum absolute atomic E-state index is 13.2. The number of rotatable bonds is 11. The second-order valence-electron chi connectivity index (χ2n) is 10.8. The van der Waals surface area contributed by atoms with Crippen molar-refractivity contribution in [2.45, 2.75) is 74.8 Å². The van der Waals surface area contributed by atoms with Crippen LogP contribution in [0.2, 0.25) is 0 Å². The predicted octanol–water partition coefficient (Wildman–Crippen LogP) is -0.106. The first kappa shape index (κ1) is 35.3. The molecule has 15 nitrogen and oxygen atoms in total. The lowest BCUT2D eigenvalue weighted by atomic mass is 9.80. The van der Waals surface area contributed by atoms with Gasteiger partial charge in [0, 0.05) is 12.7 Å². The van der Waals surface area contributed by atoms with Gasteiger partial charge in [0.2, 0.25) is 0 Å². The summed E-state index contributed by atoms with van der Waals surface area (Å²) in [6.45, 7) is 2.30. The number of phenolic OH excluding ortho intramolecular Hbond substituents is 2. The van der Waals surface area contributed by atoms with E-state index < -0.39 is 73.5 Å². The van der Waals surface area contributed by atoms with Crippen LogP contribution in [0.3, 0.4) is 0 Å². The number of hydrogen-bond donors (Lipinski definition) is 7. The van der Waals surface area contributed by atoms with E-state index in [-0.39, 0.29) is 35.2 Å². The lowest BCUT2D eigenvalue weighted by Gasteiger charge is -2.52. The summed E-state index contributed by atoms with van der Waals surface area (Å²) >= 11 is 0. The van der Waals surface area contributed by atoms with Gasteiger partial charge < -0.3 is 68.9 Å². The van der Waals surface area contributed by atoms with Gasteiger partial charge in [-0.25, -0.2) is 4.79 Å². The number of phenols is 2. The minimum absolute atomic E-state index is 0.000836. The van der Waals surface area contributed by atoms with Gasteiger partial charge in [-0.2, -0.15) is 0 Å². The van der Waals surface area contributed by atoms with Crippen molar-refractivity contribution in [2.75, 3.05) is 27.4 Å². The lowest BCUT2D eigenvalue weighted by molar-refractivity contribution is -0.387. The first-order valence-electron chi connectivity index (χ1n) is 14.5. The Morgan fingerprint density at radius 1 is 0.957 bits per heavy atom. The van der Waals surface area contributed by atoms with E-state index in [0.717, 1.165) is 6.08 Å². The Morgan fingerprint density at radius 3 is 2.24 bits per heavy atom. The molecule has 254 valence electrons. The van der Waals surface area contributed by atoms with Crippen LogP contribution in [-0.4, -0.2) is 124 Å². The van der Waals surface area contributed by atoms with Crippen molar-refractivity contribution in [1.29, 1.82) is 0 Å². The first-order chi connectivity index (χ1) is 21.9. The van der Waals surface area contributed by atoms with Crippen LogP contribution in [0.1, 0.15) is 25.0 Å². The fourth-order valence-corrected chi connectivity index (χ4v) is 5.34. The van der Waals surface area contributed by atoms with E-state index >= 15 is 0 Å². The first-order valence-corrected chi connectivity index (χ1v) is 14.5. The van der Waals surface area contributed by atoms with Crippen LogP contribution in [0, 0.1) is 0 Å². The molecule has 0 radical (unpaired) electrons. The molecule has 15 heteroatoms. The van der Waals surface area contributed by atoms with Crippen molar-refractivity contribution < 1.29 is 73.7 Å². The number of aromatic hydroxyl groups is 2. The zero-order chi connectivity index (χ0) is 33.8. The Labute approximate surface area is 264 Å². The van der Waals surface area contributed by atoms with Crippen LogP contribution in [-0.2, 0) is 34.1 Å². The van der Waals surface area contributed by atoms with E-state index in [9.17, 15) is 40.5 Å². The number of aliphatic hydroxyl groups excluding tert-OH is 4. The van der Waals surface area contributed by atoms with Crippen LogP contribution in [0.4, 0.5) is 0 Å². The number of methoxy groups -OCH3 is 2. The standard InChI is InChI=1S/C31H40O15/c1-5-42-30-31(39,17-8-10-19(34)21(13-17)41-4)28(46-29-26(38)25(37)24(36)15(2)43-29)27(22(14-32)44-30)45-23(35)11-7-16-6-9-18(33)20(12-16)40-3/h6-13,15,22,24-30,32-34,36-39H,5,14H2,1-4H3/b11-7+. The number of benzene rings is 2. The molecule has 2 heterocycles. The molecule has 2 aliphatic heterocycles. The van der Waals surface area contributed by atoms with E-state index in [4.69, 9.17) is 33.2 Å². The van der Waals surface area contributed by atoms with Crippen LogP contribution in [0.25, 0.3) is 6.08 Å². The molecule has 10 unspecified atom stereocenters. The van der Waals surface area contributed by atoms with Crippen LogP contribution in [0.15, 0.2) is 42.5 Å². The average molecular weight is 653 g/mol. The number of carbonyl (C=O) groups is 1. The highest BCUT2D eigenvalue weighted by atomic mass is 16.7. The van der Waals surface area contributed by atoms with Gasteiger partial charge in [0.05, 0.1) is 26.9 Å². The summed E-state index contributed by atoms with van der Waals surface area (Å²) in [7, 11) is 2.65. The average Bonchev–Trinajstić information content (AvgIpc) is 3.05. The Kier molecular flexibility index (Phi) is 11.5. The maximum atomic E-state index is 13.2. The summed E-state index contributed by atoms with van der Waals surface area (Å²) in [5, 5.41) is 74.4. The molecule has 0 aromatic heterocycles. The van der Waals surface area contributed by atoms with E-state index in [0.29, 0.717) is 5.56 Å². The zero-order valence-corrected chi connectivity index (χ0v) is 25.6. The topological polar surface area (TPSA) is 223 Å². The van der Waals surface area contributed by atoms with Crippen molar-refractivity contribution >= 4 is 12.0 Å². The molecule has 4 rings (SSSR count). The van der Waals surface area contributed by atoms with Gasteiger partial charge in [-0.05, 0) is 55.3 Å². The third-order valence-corrected chi connectivity index (χ3v) is 7.85. The molecular weight excluding hydrogens is 612 g/mol. The fraction of sp³-hybridized carbons (Fsp3) is 0.516. The largest absolute Gasteiger partial charge is 0.504 e. The minimum atomic E-state index is -2.41. The lowest BCUT2D eigenvalue weighted by Crippen LogP contribution is -2.69. The highest BCUT2D eigenvalue weighted by molar-refractivity contribution is 5.87. The molecule has 2 aromatic rings. The maximum Gasteiger partial charge on any atom is 0.331 e. The molecule has 0 bridgehead atoms. The summed E-state index contributed by atoms with van der Waals surface area (Å²) in [6.07, 6.45) is -11.6. The number of aliphatic hydroxyl groups is 5. The summed E-state index contributed by atoms with van der Waals surface area (Å²) in [6, 6.07) is 8.17. The summed E-state index contributed by atoms with van der Waals surface area (Å²) < 4.78 is 39.5. The minimum Gasteiger partial charge on any atom is -0.504 e. The highest BCUT2D eigenvalue weighted by Gasteiger charge is 2.61. The Morgan fingerprint density at radius 2 is 1.61 bits per heavy atom. The van der Waals surface area contributed by atoms with E-state index in [1.54, 1.807) is 6.92 Å².